The molecule has 10 heteroatoms. The maximum absolute atomic E-state index is 13.9. The van der Waals surface area contributed by atoms with Crippen LogP contribution >= 0.6 is 0 Å². The van der Waals surface area contributed by atoms with Crippen LogP contribution in [0.2, 0.25) is 0 Å². The highest BCUT2D eigenvalue weighted by molar-refractivity contribution is 5.94. The maximum Gasteiger partial charge on any atom is 0.573 e. The smallest absolute Gasteiger partial charge is 0.406 e. The number of hydrogen-bond acceptors (Lipinski definition) is 5. The van der Waals surface area contributed by atoms with Gasteiger partial charge in [-0.15, -0.1) is 13.2 Å². The summed E-state index contributed by atoms with van der Waals surface area (Å²) in [6.45, 7) is 2.99. The molecular weight excluding hydrogens is 430 g/mol. The Morgan fingerprint density at radius 1 is 1.09 bits per heavy atom. The van der Waals surface area contributed by atoms with E-state index >= 15 is 0 Å². The molecule has 1 atom stereocenters. The number of aliphatic hydroxyl groups excluding tert-OH is 1. The zero-order valence-corrected chi connectivity index (χ0v) is 17.1. The lowest BCUT2D eigenvalue weighted by Gasteiger charge is -2.13. The zero-order chi connectivity index (χ0) is 23.5. The number of hydrogen-bond donors (Lipinski definition) is 2. The standard InChI is InChI=1S/C22H19F4N3O3/c1-12-7-15(9-16(23)8-12)20-28-18(10-19(29-20)21(31)27-13(2)11-30)14-3-5-17(6-4-14)32-22(24,25)26/h3-10,13,30H,11H2,1-2H3,(H,27,31). The Bertz CT molecular complexity index is 1100. The van der Waals surface area contributed by atoms with Gasteiger partial charge in [-0.2, -0.15) is 0 Å². The highest BCUT2D eigenvalue weighted by Crippen LogP contribution is 2.28. The molecule has 0 bridgehead atoms. The number of halogens is 4. The average molecular weight is 449 g/mol. The molecule has 0 aliphatic rings. The van der Waals surface area contributed by atoms with Crippen molar-refractivity contribution in [3.05, 3.63) is 65.6 Å². The Balaban J connectivity index is 2.06. The number of aryl methyl sites for hydroxylation is 1. The second-order valence-corrected chi connectivity index (χ2v) is 7.11. The van der Waals surface area contributed by atoms with Gasteiger partial charge < -0.3 is 15.2 Å². The molecule has 6 nitrogen and oxygen atoms in total. The van der Waals surface area contributed by atoms with E-state index in [0.717, 1.165) is 12.1 Å². The Hall–Kier alpha value is -3.53. The van der Waals surface area contributed by atoms with Gasteiger partial charge in [-0.1, -0.05) is 0 Å². The Morgan fingerprint density at radius 3 is 2.38 bits per heavy atom. The fourth-order valence-electron chi connectivity index (χ4n) is 2.88. The number of ether oxygens (including phenoxy) is 1. The van der Waals surface area contributed by atoms with Crippen LogP contribution in [0.1, 0.15) is 23.0 Å². The molecule has 2 aromatic carbocycles. The molecule has 0 radical (unpaired) electrons. The number of aliphatic hydroxyl groups is 1. The van der Waals surface area contributed by atoms with Crippen molar-refractivity contribution in [1.29, 1.82) is 0 Å². The summed E-state index contributed by atoms with van der Waals surface area (Å²) in [4.78, 5) is 21.2. The average Bonchev–Trinajstić information content (AvgIpc) is 2.72. The molecule has 1 amide bonds. The van der Waals surface area contributed by atoms with Crippen LogP contribution in [0.15, 0.2) is 48.5 Å². The van der Waals surface area contributed by atoms with Gasteiger partial charge in [0.15, 0.2) is 5.82 Å². The number of aromatic nitrogens is 2. The molecule has 0 aliphatic carbocycles. The molecule has 0 saturated heterocycles. The molecular formula is C22H19F4N3O3. The van der Waals surface area contributed by atoms with E-state index in [1.807, 2.05) is 0 Å². The minimum absolute atomic E-state index is 0.0529. The van der Waals surface area contributed by atoms with Gasteiger partial charge in [0.05, 0.1) is 12.3 Å². The van der Waals surface area contributed by atoms with Crippen LogP contribution in [-0.4, -0.2) is 40.0 Å². The normalized spacial score (nSPS) is 12.3. The van der Waals surface area contributed by atoms with Gasteiger partial charge in [0.1, 0.15) is 17.3 Å². The molecule has 0 aliphatic heterocycles. The fourth-order valence-corrected chi connectivity index (χ4v) is 2.88. The van der Waals surface area contributed by atoms with Gasteiger partial charge in [-0.05, 0) is 67.9 Å². The van der Waals surface area contributed by atoms with Crippen LogP contribution < -0.4 is 10.1 Å². The summed E-state index contributed by atoms with van der Waals surface area (Å²) in [6, 6.07) is 9.92. The van der Waals surface area contributed by atoms with Gasteiger partial charge in [0.25, 0.3) is 5.91 Å². The van der Waals surface area contributed by atoms with E-state index in [0.29, 0.717) is 16.7 Å². The van der Waals surface area contributed by atoms with Crippen LogP contribution in [0.5, 0.6) is 5.75 Å². The Morgan fingerprint density at radius 2 is 1.78 bits per heavy atom. The first kappa shape index (κ1) is 23.1. The van der Waals surface area contributed by atoms with Gasteiger partial charge in [-0.25, -0.2) is 14.4 Å². The molecule has 168 valence electrons. The van der Waals surface area contributed by atoms with E-state index in [9.17, 15) is 27.5 Å². The minimum atomic E-state index is -4.83. The van der Waals surface area contributed by atoms with Crippen LogP contribution in [-0.2, 0) is 0 Å². The summed E-state index contributed by atoms with van der Waals surface area (Å²) >= 11 is 0. The Labute approximate surface area is 180 Å². The highest BCUT2D eigenvalue weighted by Gasteiger charge is 2.31. The maximum atomic E-state index is 13.9. The first-order valence-electron chi connectivity index (χ1n) is 9.48. The second kappa shape index (κ2) is 9.31. The van der Waals surface area contributed by atoms with E-state index in [2.05, 4.69) is 20.0 Å². The van der Waals surface area contributed by atoms with Crippen molar-refractivity contribution in [1.82, 2.24) is 15.3 Å². The lowest BCUT2D eigenvalue weighted by atomic mass is 10.1. The van der Waals surface area contributed by atoms with Gasteiger partial charge in [0, 0.05) is 17.2 Å². The number of nitrogens with zero attached hydrogens (tertiary/aromatic N) is 2. The third-order valence-electron chi connectivity index (χ3n) is 4.29. The highest BCUT2D eigenvalue weighted by atomic mass is 19.4. The first-order chi connectivity index (χ1) is 15.0. The van der Waals surface area contributed by atoms with E-state index in [1.165, 1.54) is 30.3 Å². The predicted molar refractivity (Wildman–Crippen MR) is 108 cm³/mol. The van der Waals surface area contributed by atoms with E-state index in [-0.39, 0.29) is 23.8 Å². The number of amides is 1. The van der Waals surface area contributed by atoms with E-state index in [4.69, 9.17) is 0 Å². The van der Waals surface area contributed by atoms with Crippen LogP contribution in [0.3, 0.4) is 0 Å². The summed E-state index contributed by atoms with van der Waals surface area (Å²) in [5.41, 5.74) is 1.51. The van der Waals surface area contributed by atoms with Crippen molar-refractivity contribution < 1.29 is 32.2 Å². The number of carbonyl (C=O) groups excluding carboxylic acids is 1. The quantitative estimate of drug-likeness (QED) is 0.550. The number of rotatable bonds is 6. The van der Waals surface area contributed by atoms with Crippen LogP contribution in [0, 0.1) is 12.7 Å². The van der Waals surface area contributed by atoms with E-state index < -0.39 is 29.9 Å². The SMILES string of the molecule is Cc1cc(F)cc(-c2nc(C(=O)NC(C)CO)cc(-c3ccc(OC(F)(F)F)cc3)n2)c1. The Kier molecular flexibility index (Phi) is 6.73. The number of nitrogens with one attached hydrogen (secondary N) is 1. The number of alkyl halides is 3. The molecule has 1 aromatic heterocycles. The van der Waals surface area contributed by atoms with Crippen molar-refractivity contribution in [2.75, 3.05) is 6.61 Å². The number of carbonyl (C=O) groups is 1. The van der Waals surface area contributed by atoms with Crippen LogP contribution in [0.25, 0.3) is 22.6 Å². The van der Waals surface area contributed by atoms with Gasteiger partial charge in [-0.3, -0.25) is 4.79 Å². The third kappa shape index (κ3) is 6.01. The van der Waals surface area contributed by atoms with Crippen molar-refractivity contribution in [2.24, 2.45) is 0 Å². The summed E-state index contributed by atoms with van der Waals surface area (Å²) < 4.78 is 55.0. The molecule has 1 heterocycles. The summed E-state index contributed by atoms with van der Waals surface area (Å²) in [5.74, 6) is -1.46. The summed E-state index contributed by atoms with van der Waals surface area (Å²) in [6.07, 6.45) is -4.83. The van der Waals surface area contributed by atoms with Crippen molar-refractivity contribution in [3.8, 4) is 28.4 Å². The van der Waals surface area contributed by atoms with Gasteiger partial charge in [0.2, 0.25) is 0 Å². The van der Waals surface area contributed by atoms with Crippen molar-refractivity contribution in [3.63, 3.8) is 0 Å². The van der Waals surface area contributed by atoms with Gasteiger partial charge >= 0.3 is 6.36 Å². The molecule has 3 aromatic rings. The van der Waals surface area contributed by atoms with Crippen molar-refractivity contribution in [2.45, 2.75) is 26.3 Å². The second-order valence-electron chi connectivity index (χ2n) is 7.11. The topological polar surface area (TPSA) is 84.3 Å². The molecule has 1 unspecified atom stereocenters. The molecule has 32 heavy (non-hydrogen) atoms. The largest absolute Gasteiger partial charge is 0.573 e. The predicted octanol–water partition coefficient (Wildman–Crippen LogP) is 4.27. The number of benzene rings is 2. The minimum Gasteiger partial charge on any atom is -0.406 e. The third-order valence-corrected chi connectivity index (χ3v) is 4.29. The first-order valence-corrected chi connectivity index (χ1v) is 9.48. The monoisotopic (exact) mass is 449 g/mol. The lowest BCUT2D eigenvalue weighted by Crippen LogP contribution is -2.35. The van der Waals surface area contributed by atoms with Crippen LogP contribution in [0.4, 0.5) is 17.6 Å². The molecule has 0 spiro atoms. The fraction of sp³-hybridized carbons (Fsp3) is 0.227. The molecule has 0 fully saturated rings. The molecule has 3 rings (SSSR count). The molecule has 0 saturated carbocycles. The summed E-state index contributed by atoms with van der Waals surface area (Å²) in [5, 5.41) is 11.7. The van der Waals surface area contributed by atoms with Crippen molar-refractivity contribution >= 4 is 5.91 Å². The zero-order valence-electron chi connectivity index (χ0n) is 17.1. The summed E-state index contributed by atoms with van der Waals surface area (Å²) in [7, 11) is 0. The molecule has 2 N–H and O–H groups in total. The van der Waals surface area contributed by atoms with E-state index in [1.54, 1.807) is 19.9 Å². The lowest BCUT2D eigenvalue weighted by molar-refractivity contribution is -0.274.